The van der Waals surface area contributed by atoms with E-state index < -0.39 is 0 Å². The van der Waals surface area contributed by atoms with Crippen molar-refractivity contribution in [2.75, 3.05) is 29.9 Å². The Morgan fingerprint density at radius 3 is 2.50 bits per heavy atom. The van der Waals surface area contributed by atoms with E-state index in [4.69, 9.17) is 5.84 Å². The van der Waals surface area contributed by atoms with Gasteiger partial charge in [-0.1, -0.05) is 6.92 Å². The third-order valence-electron chi connectivity index (χ3n) is 3.48. The van der Waals surface area contributed by atoms with Crippen LogP contribution in [0.5, 0.6) is 0 Å². The highest BCUT2D eigenvalue weighted by atomic mass is 15.3. The summed E-state index contributed by atoms with van der Waals surface area (Å²) in [6.07, 6.45) is 4.95. The van der Waals surface area contributed by atoms with Gasteiger partial charge in [-0.3, -0.25) is 10.4 Å². The van der Waals surface area contributed by atoms with Gasteiger partial charge in [-0.2, -0.15) is 0 Å². The van der Waals surface area contributed by atoms with E-state index in [2.05, 4.69) is 51.8 Å². The highest BCUT2D eigenvalue weighted by Crippen LogP contribution is 2.21. The SMILES string of the molecule is CCCN=C(NN)Nc1ccc(N2CCCCC2)cc1. The number of rotatable bonds is 4. The van der Waals surface area contributed by atoms with Crippen LogP contribution in [0, 0.1) is 0 Å². The monoisotopic (exact) mass is 275 g/mol. The average Bonchev–Trinajstić information content (AvgIpc) is 2.53. The lowest BCUT2D eigenvalue weighted by Crippen LogP contribution is -2.36. The Bertz CT molecular complexity index is 420. The fourth-order valence-electron chi connectivity index (χ4n) is 2.39. The summed E-state index contributed by atoms with van der Waals surface area (Å²) < 4.78 is 0. The van der Waals surface area contributed by atoms with Crippen LogP contribution in [-0.4, -0.2) is 25.6 Å². The van der Waals surface area contributed by atoms with Gasteiger partial charge in [0.15, 0.2) is 0 Å². The summed E-state index contributed by atoms with van der Waals surface area (Å²) in [5.74, 6) is 6.07. The van der Waals surface area contributed by atoms with Crippen LogP contribution in [0.15, 0.2) is 29.3 Å². The molecule has 1 aliphatic rings. The fourth-order valence-corrected chi connectivity index (χ4v) is 2.39. The third kappa shape index (κ3) is 4.13. The summed E-state index contributed by atoms with van der Waals surface area (Å²) in [6.45, 7) is 5.18. The normalized spacial score (nSPS) is 16.1. The molecule has 110 valence electrons. The summed E-state index contributed by atoms with van der Waals surface area (Å²) in [7, 11) is 0. The number of hydrazine groups is 1. The zero-order valence-corrected chi connectivity index (χ0v) is 12.2. The van der Waals surface area contributed by atoms with E-state index in [1.807, 2.05) is 0 Å². The lowest BCUT2D eigenvalue weighted by atomic mass is 10.1. The molecule has 0 radical (unpaired) electrons. The predicted molar refractivity (Wildman–Crippen MR) is 86.0 cm³/mol. The number of guanidine groups is 1. The van der Waals surface area contributed by atoms with Crippen LogP contribution >= 0.6 is 0 Å². The maximum atomic E-state index is 5.46. The molecule has 1 aliphatic heterocycles. The van der Waals surface area contributed by atoms with Crippen LogP contribution < -0.4 is 21.5 Å². The quantitative estimate of drug-likeness (QED) is 0.341. The van der Waals surface area contributed by atoms with Crippen molar-refractivity contribution in [1.29, 1.82) is 0 Å². The molecule has 4 N–H and O–H groups in total. The van der Waals surface area contributed by atoms with Gasteiger partial charge >= 0.3 is 0 Å². The first-order chi connectivity index (χ1) is 9.83. The van der Waals surface area contributed by atoms with Gasteiger partial charge in [0.1, 0.15) is 0 Å². The van der Waals surface area contributed by atoms with E-state index in [1.165, 1.54) is 38.0 Å². The van der Waals surface area contributed by atoms with Crippen LogP contribution in [0.4, 0.5) is 11.4 Å². The molecule has 5 heteroatoms. The third-order valence-corrected chi connectivity index (χ3v) is 3.48. The minimum atomic E-state index is 0.609. The van der Waals surface area contributed by atoms with Crippen molar-refractivity contribution < 1.29 is 0 Å². The van der Waals surface area contributed by atoms with Gasteiger partial charge in [0.25, 0.3) is 0 Å². The molecular formula is C15H25N5. The van der Waals surface area contributed by atoms with Gasteiger partial charge in [0.2, 0.25) is 5.96 Å². The zero-order valence-electron chi connectivity index (χ0n) is 12.2. The molecule has 1 heterocycles. The minimum absolute atomic E-state index is 0.609. The van der Waals surface area contributed by atoms with Crippen LogP contribution in [-0.2, 0) is 0 Å². The van der Waals surface area contributed by atoms with E-state index in [-0.39, 0.29) is 0 Å². The van der Waals surface area contributed by atoms with Gasteiger partial charge in [-0.25, -0.2) is 5.84 Å². The van der Waals surface area contributed by atoms with E-state index >= 15 is 0 Å². The highest BCUT2D eigenvalue weighted by molar-refractivity contribution is 5.93. The van der Waals surface area contributed by atoms with Gasteiger partial charge in [-0.15, -0.1) is 0 Å². The Morgan fingerprint density at radius 1 is 1.20 bits per heavy atom. The van der Waals surface area contributed by atoms with Crippen molar-refractivity contribution >= 4 is 17.3 Å². The molecular weight excluding hydrogens is 250 g/mol. The van der Waals surface area contributed by atoms with Gasteiger partial charge < -0.3 is 10.2 Å². The van der Waals surface area contributed by atoms with E-state index in [1.54, 1.807) is 0 Å². The smallest absolute Gasteiger partial charge is 0.210 e. The van der Waals surface area contributed by atoms with Crippen molar-refractivity contribution in [1.82, 2.24) is 5.43 Å². The summed E-state index contributed by atoms with van der Waals surface area (Å²) in [5.41, 5.74) is 4.88. The molecule has 0 atom stereocenters. The van der Waals surface area contributed by atoms with E-state index in [0.29, 0.717) is 5.96 Å². The number of anilines is 2. The zero-order chi connectivity index (χ0) is 14.2. The number of hydrogen-bond donors (Lipinski definition) is 3. The molecule has 1 aromatic rings. The Morgan fingerprint density at radius 2 is 1.90 bits per heavy atom. The summed E-state index contributed by atoms with van der Waals surface area (Å²) in [4.78, 5) is 6.77. The van der Waals surface area contributed by atoms with Crippen molar-refractivity contribution in [2.45, 2.75) is 32.6 Å². The predicted octanol–water partition coefficient (Wildman–Crippen LogP) is 2.32. The van der Waals surface area contributed by atoms with Crippen molar-refractivity contribution in [2.24, 2.45) is 10.8 Å². The van der Waals surface area contributed by atoms with Crippen molar-refractivity contribution in [3.63, 3.8) is 0 Å². The Hall–Kier alpha value is -1.75. The van der Waals surface area contributed by atoms with E-state index in [0.717, 1.165) is 18.7 Å². The lowest BCUT2D eigenvalue weighted by Gasteiger charge is -2.28. The highest BCUT2D eigenvalue weighted by Gasteiger charge is 2.10. The maximum Gasteiger partial charge on any atom is 0.210 e. The van der Waals surface area contributed by atoms with Crippen LogP contribution in [0.3, 0.4) is 0 Å². The Balaban J connectivity index is 1.96. The molecule has 2 rings (SSSR count). The number of aliphatic imine (C=N–C) groups is 1. The average molecular weight is 275 g/mol. The molecule has 0 unspecified atom stereocenters. The first-order valence-corrected chi connectivity index (χ1v) is 7.46. The summed E-state index contributed by atoms with van der Waals surface area (Å²) in [6, 6.07) is 8.45. The molecule has 1 saturated heterocycles. The van der Waals surface area contributed by atoms with Gasteiger partial charge in [0, 0.05) is 31.0 Å². The number of hydrogen-bond acceptors (Lipinski definition) is 3. The van der Waals surface area contributed by atoms with Gasteiger partial charge in [-0.05, 0) is 49.9 Å². The number of nitrogens with two attached hydrogens (primary N) is 1. The van der Waals surface area contributed by atoms with Crippen LogP contribution in [0.25, 0.3) is 0 Å². The molecule has 0 spiro atoms. The lowest BCUT2D eigenvalue weighted by molar-refractivity contribution is 0.578. The number of nitrogens with zero attached hydrogens (tertiary/aromatic N) is 2. The number of benzene rings is 1. The molecule has 0 saturated carbocycles. The molecule has 1 fully saturated rings. The minimum Gasteiger partial charge on any atom is -0.372 e. The first kappa shape index (κ1) is 14.7. The van der Waals surface area contributed by atoms with Crippen LogP contribution in [0.2, 0.25) is 0 Å². The molecule has 20 heavy (non-hydrogen) atoms. The summed E-state index contributed by atoms with van der Waals surface area (Å²) in [5, 5.41) is 3.19. The van der Waals surface area contributed by atoms with Crippen LogP contribution in [0.1, 0.15) is 32.6 Å². The molecule has 0 amide bonds. The second kappa shape index (κ2) is 7.75. The Kier molecular flexibility index (Phi) is 5.68. The second-order valence-corrected chi connectivity index (χ2v) is 5.09. The first-order valence-electron chi connectivity index (χ1n) is 7.46. The molecule has 1 aromatic carbocycles. The fraction of sp³-hybridized carbons (Fsp3) is 0.533. The standard InChI is InChI=1S/C15H25N5/c1-2-10-17-15(19-16)18-13-6-8-14(9-7-13)20-11-4-3-5-12-20/h6-9H,2-5,10-12,16H2,1H3,(H2,17,18,19). The van der Waals surface area contributed by atoms with Gasteiger partial charge in [0.05, 0.1) is 0 Å². The molecule has 0 aromatic heterocycles. The van der Waals surface area contributed by atoms with E-state index in [9.17, 15) is 0 Å². The largest absolute Gasteiger partial charge is 0.372 e. The summed E-state index contributed by atoms with van der Waals surface area (Å²) >= 11 is 0. The topological polar surface area (TPSA) is 65.7 Å². The number of nitrogens with one attached hydrogen (secondary N) is 2. The van der Waals surface area contributed by atoms with Crippen molar-refractivity contribution in [3.05, 3.63) is 24.3 Å². The Labute approximate surface area is 121 Å². The maximum absolute atomic E-state index is 5.46. The molecule has 0 aliphatic carbocycles. The second-order valence-electron chi connectivity index (χ2n) is 5.09. The van der Waals surface area contributed by atoms with Crippen molar-refractivity contribution in [3.8, 4) is 0 Å². The molecule has 5 nitrogen and oxygen atoms in total. The number of piperidine rings is 1. The molecule has 0 bridgehead atoms.